The van der Waals surface area contributed by atoms with Gasteiger partial charge in [0.2, 0.25) is 5.91 Å². The molecule has 4 rings (SSSR count). The van der Waals surface area contributed by atoms with E-state index in [1.807, 2.05) is 18.2 Å². The lowest BCUT2D eigenvalue weighted by Crippen LogP contribution is -2.28. The number of nitrogens with one attached hydrogen (secondary N) is 2. The van der Waals surface area contributed by atoms with E-state index in [4.69, 9.17) is 4.98 Å². The zero-order valence-electron chi connectivity index (χ0n) is 19.5. The van der Waals surface area contributed by atoms with Gasteiger partial charge in [0, 0.05) is 24.3 Å². The van der Waals surface area contributed by atoms with Gasteiger partial charge in [-0.3, -0.25) is 9.59 Å². The first-order valence-corrected chi connectivity index (χ1v) is 12.4. The zero-order chi connectivity index (χ0) is 22.9. The lowest BCUT2D eigenvalue weighted by atomic mass is 9.72. The topological polar surface area (TPSA) is 74.8 Å². The third-order valence-electron chi connectivity index (χ3n) is 6.76. The van der Waals surface area contributed by atoms with Gasteiger partial charge in [0.05, 0.1) is 5.39 Å². The number of rotatable bonds is 6. The van der Waals surface area contributed by atoms with Crippen LogP contribution in [0.15, 0.2) is 35.1 Å². The molecule has 0 saturated heterocycles. The van der Waals surface area contributed by atoms with Crippen LogP contribution in [0.3, 0.4) is 0 Å². The van der Waals surface area contributed by atoms with Crippen molar-refractivity contribution in [2.45, 2.75) is 65.7 Å². The number of carbonyl (C=O) groups excluding carboxylic acids is 1. The van der Waals surface area contributed by atoms with Gasteiger partial charge < -0.3 is 10.3 Å². The molecule has 0 fully saturated rings. The smallest absolute Gasteiger partial charge is 0.259 e. The van der Waals surface area contributed by atoms with Crippen LogP contribution >= 0.6 is 11.3 Å². The first kappa shape index (κ1) is 22.7. The van der Waals surface area contributed by atoms with Gasteiger partial charge in [-0.1, -0.05) is 58.0 Å². The lowest BCUT2D eigenvalue weighted by molar-refractivity contribution is -0.121. The number of thiophene rings is 1. The molecule has 1 aromatic carbocycles. The Bertz CT molecular complexity index is 1160. The molecule has 2 N–H and O–H groups in total. The SMILES string of the molecule is C[C@@H](CNC(=O)CCc1nc2sc3c(c2c(=O)[nH]1)CC[C@@H](C(C)(C)C)C3)c1ccccc1. The zero-order valence-corrected chi connectivity index (χ0v) is 20.3. The average Bonchev–Trinajstić information content (AvgIpc) is 3.14. The second-order valence-electron chi connectivity index (χ2n) is 10.1. The van der Waals surface area contributed by atoms with Crippen LogP contribution in [-0.2, 0) is 24.1 Å². The third kappa shape index (κ3) is 4.96. The minimum atomic E-state index is -0.0604. The van der Waals surface area contributed by atoms with Gasteiger partial charge in [-0.2, -0.15) is 0 Å². The molecule has 0 saturated carbocycles. The van der Waals surface area contributed by atoms with Crippen molar-refractivity contribution in [3.8, 4) is 0 Å². The fourth-order valence-electron chi connectivity index (χ4n) is 4.57. The minimum Gasteiger partial charge on any atom is -0.355 e. The van der Waals surface area contributed by atoms with Gasteiger partial charge in [-0.25, -0.2) is 4.98 Å². The second kappa shape index (κ2) is 9.18. The van der Waals surface area contributed by atoms with E-state index in [1.54, 1.807) is 11.3 Å². The molecule has 170 valence electrons. The summed E-state index contributed by atoms with van der Waals surface area (Å²) in [5, 5.41) is 3.77. The van der Waals surface area contributed by atoms with Crippen LogP contribution in [0, 0.1) is 11.3 Å². The lowest BCUT2D eigenvalue weighted by Gasteiger charge is -2.33. The van der Waals surface area contributed by atoms with Gasteiger partial charge in [0.25, 0.3) is 5.56 Å². The van der Waals surface area contributed by atoms with Crippen molar-refractivity contribution in [3.63, 3.8) is 0 Å². The number of hydrogen-bond acceptors (Lipinski definition) is 4. The summed E-state index contributed by atoms with van der Waals surface area (Å²) < 4.78 is 0. The largest absolute Gasteiger partial charge is 0.355 e. The van der Waals surface area contributed by atoms with E-state index in [1.165, 1.54) is 16.0 Å². The summed E-state index contributed by atoms with van der Waals surface area (Å²) in [4.78, 5) is 35.0. The Labute approximate surface area is 193 Å². The first-order valence-electron chi connectivity index (χ1n) is 11.6. The van der Waals surface area contributed by atoms with Crippen molar-refractivity contribution in [1.82, 2.24) is 15.3 Å². The van der Waals surface area contributed by atoms with E-state index >= 15 is 0 Å². The summed E-state index contributed by atoms with van der Waals surface area (Å²) in [6, 6.07) is 10.2. The van der Waals surface area contributed by atoms with Gasteiger partial charge in [0.1, 0.15) is 10.7 Å². The molecule has 2 heterocycles. The number of aromatic nitrogens is 2. The molecule has 1 amide bonds. The van der Waals surface area contributed by atoms with Crippen LogP contribution in [0.25, 0.3) is 10.2 Å². The maximum Gasteiger partial charge on any atom is 0.259 e. The van der Waals surface area contributed by atoms with Gasteiger partial charge >= 0.3 is 0 Å². The Balaban J connectivity index is 1.40. The fourth-order valence-corrected chi connectivity index (χ4v) is 5.89. The van der Waals surface area contributed by atoms with Gasteiger partial charge in [0.15, 0.2) is 0 Å². The standard InChI is InChI=1S/C26H33N3O2S/c1-16(17-8-6-5-7-9-17)15-27-22(30)13-12-21-28-24(31)23-19-11-10-18(26(2,3)4)14-20(19)32-25(23)29-21/h5-9,16,18H,10-15H2,1-4H3,(H,27,30)(H,28,29,31)/t16-,18+/m0/s1. The molecule has 0 spiro atoms. The molecule has 32 heavy (non-hydrogen) atoms. The molecule has 6 heteroatoms. The van der Waals surface area contributed by atoms with Crippen LogP contribution in [-0.4, -0.2) is 22.4 Å². The summed E-state index contributed by atoms with van der Waals surface area (Å²) in [6.45, 7) is 9.59. The summed E-state index contributed by atoms with van der Waals surface area (Å²) >= 11 is 1.66. The molecule has 2 aromatic heterocycles. The molecule has 0 unspecified atom stereocenters. The highest BCUT2D eigenvalue weighted by Crippen LogP contribution is 2.41. The van der Waals surface area contributed by atoms with E-state index in [0.29, 0.717) is 31.1 Å². The average molecular weight is 452 g/mol. The van der Waals surface area contributed by atoms with Crippen molar-refractivity contribution < 1.29 is 4.79 Å². The van der Waals surface area contributed by atoms with Crippen LogP contribution < -0.4 is 10.9 Å². The number of carbonyl (C=O) groups is 1. The maximum atomic E-state index is 12.8. The Morgan fingerprint density at radius 3 is 2.75 bits per heavy atom. The van der Waals surface area contributed by atoms with Crippen LogP contribution in [0.1, 0.15) is 68.3 Å². The first-order chi connectivity index (χ1) is 15.2. The summed E-state index contributed by atoms with van der Waals surface area (Å²) in [7, 11) is 0. The van der Waals surface area contributed by atoms with Crippen LogP contribution in [0.4, 0.5) is 0 Å². The van der Waals surface area contributed by atoms with Crippen molar-refractivity contribution in [2.24, 2.45) is 11.3 Å². The molecule has 1 aliphatic carbocycles. The number of H-pyrrole nitrogens is 1. The third-order valence-corrected chi connectivity index (χ3v) is 7.90. The molecule has 2 atom stereocenters. The van der Waals surface area contributed by atoms with E-state index in [9.17, 15) is 9.59 Å². The number of aryl methyl sites for hydroxylation is 2. The highest BCUT2D eigenvalue weighted by molar-refractivity contribution is 7.18. The Hall–Kier alpha value is -2.47. The molecule has 0 radical (unpaired) electrons. The molecular weight excluding hydrogens is 418 g/mol. The Morgan fingerprint density at radius 2 is 2.03 bits per heavy atom. The maximum absolute atomic E-state index is 12.8. The molecule has 0 bridgehead atoms. The predicted molar refractivity (Wildman–Crippen MR) is 131 cm³/mol. The number of nitrogens with zero attached hydrogens (tertiary/aromatic N) is 1. The van der Waals surface area contributed by atoms with E-state index in [2.05, 4.69) is 50.1 Å². The fraction of sp³-hybridized carbons (Fsp3) is 0.500. The van der Waals surface area contributed by atoms with Gasteiger partial charge in [-0.15, -0.1) is 11.3 Å². The van der Waals surface area contributed by atoms with E-state index in [0.717, 1.165) is 29.5 Å². The van der Waals surface area contributed by atoms with Crippen molar-refractivity contribution in [3.05, 3.63) is 62.5 Å². The molecular formula is C26H33N3O2S. The highest BCUT2D eigenvalue weighted by Gasteiger charge is 2.31. The minimum absolute atomic E-state index is 0.0194. The van der Waals surface area contributed by atoms with Crippen molar-refractivity contribution in [2.75, 3.05) is 6.54 Å². The quantitative estimate of drug-likeness (QED) is 0.554. The van der Waals surface area contributed by atoms with E-state index < -0.39 is 0 Å². The normalized spacial score (nSPS) is 17.2. The summed E-state index contributed by atoms with van der Waals surface area (Å²) in [5.41, 5.74) is 2.61. The van der Waals surface area contributed by atoms with Crippen LogP contribution in [0.5, 0.6) is 0 Å². The predicted octanol–water partition coefficient (Wildman–Crippen LogP) is 4.99. The van der Waals surface area contributed by atoms with Crippen molar-refractivity contribution >= 4 is 27.5 Å². The van der Waals surface area contributed by atoms with Crippen molar-refractivity contribution in [1.29, 1.82) is 0 Å². The number of aromatic amines is 1. The molecule has 3 aromatic rings. The molecule has 5 nitrogen and oxygen atoms in total. The monoisotopic (exact) mass is 451 g/mol. The second-order valence-corrected chi connectivity index (χ2v) is 11.2. The summed E-state index contributed by atoms with van der Waals surface area (Å²) in [6.07, 6.45) is 3.84. The highest BCUT2D eigenvalue weighted by atomic mass is 32.1. The molecule has 0 aliphatic heterocycles. The number of fused-ring (bicyclic) bond motifs is 3. The van der Waals surface area contributed by atoms with Crippen LogP contribution in [0.2, 0.25) is 0 Å². The number of benzene rings is 1. The number of hydrogen-bond donors (Lipinski definition) is 2. The molecule has 1 aliphatic rings. The van der Waals surface area contributed by atoms with E-state index in [-0.39, 0.29) is 22.8 Å². The Morgan fingerprint density at radius 1 is 1.28 bits per heavy atom. The Kier molecular flexibility index (Phi) is 6.52. The summed E-state index contributed by atoms with van der Waals surface area (Å²) in [5.74, 6) is 1.46. The number of amides is 1. The van der Waals surface area contributed by atoms with Gasteiger partial charge in [-0.05, 0) is 47.6 Å².